The fourth-order valence-corrected chi connectivity index (χ4v) is 4.16. The maximum absolute atomic E-state index is 14.0. The van der Waals surface area contributed by atoms with Gasteiger partial charge in [-0.25, -0.2) is 9.07 Å². The van der Waals surface area contributed by atoms with Gasteiger partial charge in [0.05, 0.1) is 17.8 Å². The highest BCUT2D eigenvalue weighted by Crippen LogP contribution is 2.28. The number of carbonyl (C=O) groups is 1. The zero-order valence-electron chi connectivity index (χ0n) is 19.2. The second kappa shape index (κ2) is 8.87. The van der Waals surface area contributed by atoms with E-state index in [0.29, 0.717) is 28.7 Å². The summed E-state index contributed by atoms with van der Waals surface area (Å²) in [6, 6.07) is 14.7. The average molecular weight is 464 g/mol. The molecule has 34 heavy (non-hydrogen) atoms. The molecule has 4 rings (SSSR count). The Hall–Kier alpha value is -3.78. The van der Waals surface area contributed by atoms with Crippen LogP contribution < -0.4 is 5.56 Å². The van der Waals surface area contributed by atoms with Crippen LogP contribution in [0.2, 0.25) is 0 Å². The van der Waals surface area contributed by atoms with E-state index < -0.39 is 17.4 Å². The molecule has 0 spiro atoms. The lowest BCUT2D eigenvalue weighted by Gasteiger charge is -2.18. The highest BCUT2D eigenvalue weighted by atomic mass is 19.1. The summed E-state index contributed by atoms with van der Waals surface area (Å²) in [7, 11) is 0. The van der Waals surface area contributed by atoms with Crippen LogP contribution in [0.4, 0.5) is 4.39 Å². The molecule has 0 fully saturated rings. The molecule has 2 aromatic carbocycles. The Balaban J connectivity index is 1.68. The van der Waals surface area contributed by atoms with Crippen molar-refractivity contribution in [2.75, 3.05) is 0 Å². The van der Waals surface area contributed by atoms with Crippen LogP contribution in [0.15, 0.2) is 59.4 Å². The number of benzene rings is 2. The number of aliphatic hydroxyl groups is 1. The van der Waals surface area contributed by atoms with E-state index in [0.717, 1.165) is 16.7 Å². The number of aliphatic carboxylic acids is 1. The van der Waals surface area contributed by atoms with Gasteiger partial charge in [0.1, 0.15) is 12.4 Å². The van der Waals surface area contributed by atoms with Crippen molar-refractivity contribution in [3.05, 3.63) is 98.8 Å². The third-order valence-corrected chi connectivity index (χ3v) is 5.98. The second-order valence-corrected chi connectivity index (χ2v) is 8.96. The molecule has 7 nitrogen and oxygen atoms in total. The summed E-state index contributed by atoms with van der Waals surface area (Å²) in [5, 5.41) is 24.6. The fraction of sp³-hybridized carbons (Fsp3) is 0.269. The number of hydrogen-bond donors (Lipinski definition) is 2. The third-order valence-electron chi connectivity index (χ3n) is 5.98. The molecule has 0 atom stereocenters. The molecular weight excluding hydrogens is 437 g/mol. The zero-order valence-corrected chi connectivity index (χ0v) is 19.2. The van der Waals surface area contributed by atoms with Crippen LogP contribution in [0.25, 0.3) is 10.9 Å². The van der Waals surface area contributed by atoms with Gasteiger partial charge in [0.2, 0.25) is 0 Å². The maximum atomic E-state index is 14.0. The van der Waals surface area contributed by atoms with Crippen LogP contribution in [-0.4, -0.2) is 30.5 Å². The van der Waals surface area contributed by atoms with Crippen LogP contribution in [0, 0.1) is 12.7 Å². The Morgan fingerprint density at radius 1 is 1.09 bits per heavy atom. The molecule has 4 aromatic rings. The molecule has 0 unspecified atom stereocenters. The summed E-state index contributed by atoms with van der Waals surface area (Å²) in [4.78, 5) is 23.8. The third kappa shape index (κ3) is 4.77. The highest BCUT2D eigenvalue weighted by molar-refractivity contribution is 5.87. The van der Waals surface area contributed by atoms with Crippen molar-refractivity contribution >= 4 is 16.9 Å². The highest BCUT2D eigenvalue weighted by Gasteiger charge is 2.18. The van der Waals surface area contributed by atoms with E-state index >= 15 is 0 Å². The quantitative estimate of drug-likeness (QED) is 0.437. The molecule has 0 radical (unpaired) electrons. The van der Waals surface area contributed by atoms with Crippen LogP contribution in [-0.2, 0) is 29.9 Å². The molecule has 0 saturated carbocycles. The molecule has 0 aliphatic heterocycles. The molecule has 2 N–H and O–H groups in total. The van der Waals surface area contributed by atoms with E-state index in [2.05, 4.69) is 5.10 Å². The molecular formula is C26H26FN3O4. The lowest BCUT2D eigenvalue weighted by molar-refractivity contribution is -0.137. The Kier molecular flexibility index (Phi) is 6.10. The summed E-state index contributed by atoms with van der Waals surface area (Å²) in [6.45, 7) is 5.24. The number of nitrogens with zero attached hydrogens (tertiary/aromatic N) is 3. The van der Waals surface area contributed by atoms with E-state index in [1.807, 2.05) is 24.3 Å². The van der Waals surface area contributed by atoms with Crippen molar-refractivity contribution in [2.24, 2.45) is 0 Å². The molecule has 0 aliphatic rings. The normalized spacial score (nSPS) is 11.8. The number of carboxylic acids is 1. The molecule has 0 saturated heterocycles. The first-order chi connectivity index (χ1) is 16.0. The number of aromatic nitrogens is 3. The first-order valence-electron chi connectivity index (χ1n) is 10.9. The number of halogens is 1. The van der Waals surface area contributed by atoms with Gasteiger partial charge < -0.3 is 14.8 Å². The Bertz CT molecular complexity index is 1430. The van der Waals surface area contributed by atoms with E-state index in [4.69, 9.17) is 0 Å². The number of carboxylic acid groups (broad SMARTS) is 1. The van der Waals surface area contributed by atoms with Gasteiger partial charge in [0, 0.05) is 29.1 Å². The van der Waals surface area contributed by atoms with Gasteiger partial charge in [-0.15, -0.1) is 0 Å². The molecule has 0 amide bonds. The van der Waals surface area contributed by atoms with E-state index in [1.54, 1.807) is 37.5 Å². The maximum Gasteiger partial charge on any atom is 0.323 e. The van der Waals surface area contributed by atoms with Crippen LogP contribution >= 0.6 is 0 Å². The standard InChI is InChI=1S/C26H26FN3O4/c1-16-21(22-12-19(27)8-10-23(22)29(16)15-25(32)33)13-20-9-11-24(31)30(28-20)14-17-4-6-18(7-5-17)26(2,3)34/h4-12,34H,13-15H2,1-3H3,(H,32,33). The van der Waals surface area contributed by atoms with Crippen LogP contribution in [0.5, 0.6) is 0 Å². The van der Waals surface area contributed by atoms with Gasteiger partial charge in [-0.2, -0.15) is 5.10 Å². The molecule has 176 valence electrons. The average Bonchev–Trinajstić information content (AvgIpc) is 3.00. The largest absolute Gasteiger partial charge is 0.480 e. The van der Waals surface area contributed by atoms with Crippen LogP contribution in [0.1, 0.15) is 41.9 Å². The predicted molar refractivity (Wildman–Crippen MR) is 126 cm³/mol. The lowest BCUT2D eigenvalue weighted by atomic mass is 9.97. The first-order valence-corrected chi connectivity index (χ1v) is 10.9. The summed E-state index contributed by atoms with van der Waals surface area (Å²) in [6.07, 6.45) is 0.316. The van der Waals surface area contributed by atoms with E-state index in [9.17, 15) is 24.2 Å². The van der Waals surface area contributed by atoms with Gasteiger partial charge >= 0.3 is 5.97 Å². The molecule has 2 heterocycles. The van der Waals surface area contributed by atoms with Crippen molar-refractivity contribution in [1.29, 1.82) is 0 Å². The van der Waals surface area contributed by atoms with Gasteiger partial charge in [0.15, 0.2) is 0 Å². The minimum absolute atomic E-state index is 0.235. The van der Waals surface area contributed by atoms with E-state index in [1.165, 1.54) is 22.9 Å². The van der Waals surface area contributed by atoms with Crippen molar-refractivity contribution < 1.29 is 19.4 Å². The lowest BCUT2D eigenvalue weighted by Crippen LogP contribution is -2.24. The fourth-order valence-electron chi connectivity index (χ4n) is 4.16. The Labute approximate surface area is 195 Å². The summed E-state index contributed by atoms with van der Waals surface area (Å²) in [5.41, 5.74) is 3.14. The van der Waals surface area contributed by atoms with E-state index in [-0.39, 0.29) is 18.6 Å². The summed E-state index contributed by atoms with van der Waals surface area (Å²) in [5.74, 6) is -1.40. The number of rotatable bonds is 7. The number of fused-ring (bicyclic) bond motifs is 1. The van der Waals surface area contributed by atoms with Crippen molar-refractivity contribution in [3.8, 4) is 0 Å². The van der Waals surface area contributed by atoms with Crippen LogP contribution in [0.3, 0.4) is 0 Å². The summed E-state index contributed by atoms with van der Waals surface area (Å²) < 4.78 is 17.0. The minimum Gasteiger partial charge on any atom is -0.480 e. The summed E-state index contributed by atoms with van der Waals surface area (Å²) >= 11 is 0. The zero-order chi connectivity index (χ0) is 24.6. The molecule has 0 aliphatic carbocycles. The van der Waals surface area contributed by atoms with Gasteiger partial charge in [-0.05, 0) is 61.7 Å². The van der Waals surface area contributed by atoms with Crippen molar-refractivity contribution in [2.45, 2.75) is 45.9 Å². The molecule has 2 aromatic heterocycles. The Morgan fingerprint density at radius 2 is 1.79 bits per heavy atom. The number of hydrogen-bond acceptors (Lipinski definition) is 4. The van der Waals surface area contributed by atoms with Gasteiger partial charge in [-0.1, -0.05) is 24.3 Å². The van der Waals surface area contributed by atoms with Gasteiger partial charge in [0.25, 0.3) is 5.56 Å². The van der Waals surface area contributed by atoms with Crippen molar-refractivity contribution in [3.63, 3.8) is 0 Å². The topological polar surface area (TPSA) is 97.4 Å². The monoisotopic (exact) mass is 463 g/mol. The SMILES string of the molecule is Cc1c(Cc2ccc(=O)n(Cc3ccc(C(C)(C)O)cc3)n2)c2cc(F)ccc2n1CC(=O)O. The molecule has 8 heteroatoms. The second-order valence-electron chi connectivity index (χ2n) is 8.96. The molecule has 0 bridgehead atoms. The van der Waals surface area contributed by atoms with Crippen molar-refractivity contribution in [1.82, 2.24) is 14.3 Å². The smallest absolute Gasteiger partial charge is 0.323 e. The van der Waals surface area contributed by atoms with Gasteiger partial charge in [-0.3, -0.25) is 9.59 Å². The minimum atomic E-state index is -0.988. The Morgan fingerprint density at radius 3 is 2.44 bits per heavy atom. The predicted octanol–water partition coefficient (Wildman–Crippen LogP) is 3.60. The first kappa shape index (κ1) is 23.4.